The van der Waals surface area contributed by atoms with Gasteiger partial charge in [0.05, 0.1) is 6.10 Å². The normalized spacial score (nSPS) is 17.5. The minimum atomic E-state index is 0.224. The molecule has 2 rings (SSSR count). The minimum absolute atomic E-state index is 0.224. The van der Waals surface area contributed by atoms with Crippen LogP contribution in [-0.4, -0.2) is 31.0 Å². The summed E-state index contributed by atoms with van der Waals surface area (Å²) in [6, 6.07) is 7.74. The molecular formula is C15H20N2O2S. The summed E-state index contributed by atoms with van der Waals surface area (Å²) in [7, 11) is 0. The quantitative estimate of drug-likeness (QED) is 0.623. The van der Waals surface area contributed by atoms with Crippen molar-refractivity contribution in [3.8, 4) is 5.75 Å². The van der Waals surface area contributed by atoms with Gasteiger partial charge in [-0.05, 0) is 37.2 Å². The number of anilines is 1. The predicted octanol–water partition coefficient (Wildman–Crippen LogP) is 2.72. The van der Waals surface area contributed by atoms with Crippen LogP contribution in [0.15, 0.2) is 36.9 Å². The first-order valence-electron chi connectivity index (χ1n) is 6.78. The van der Waals surface area contributed by atoms with E-state index in [1.54, 1.807) is 6.08 Å². The van der Waals surface area contributed by atoms with Crippen molar-refractivity contribution < 1.29 is 9.47 Å². The molecule has 1 aromatic rings. The molecule has 0 aromatic heterocycles. The standard InChI is InChI=1S/C15H20N2O2S/c1-2-8-16-15(20)17-12-5-3-6-13(10-12)19-11-14-7-4-9-18-14/h2-3,5-6,10,14H,1,4,7-9,11H2,(H2,16,17,20). The molecule has 1 aromatic carbocycles. The number of benzene rings is 1. The summed E-state index contributed by atoms with van der Waals surface area (Å²) in [6.07, 6.45) is 4.18. The van der Waals surface area contributed by atoms with E-state index in [0.29, 0.717) is 18.3 Å². The zero-order valence-electron chi connectivity index (χ0n) is 11.4. The third-order valence-electron chi connectivity index (χ3n) is 2.96. The fourth-order valence-corrected chi connectivity index (χ4v) is 2.17. The Hall–Kier alpha value is -1.59. The number of hydrogen-bond donors (Lipinski definition) is 2. The summed E-state index contributed by atoms with van der Waals surface area (Å²) in [5, 5.41) is 6.70. The van der Waals surface area contributed by atoms with Crippen molar-refractivity contribution in [3.63, 3.8) is 0 Å². The molecule has 20 heavy (non-hydrogen) atoms. The summed E-state index contributed by atoms with van der Waals surface area (Å²) in [6.45, 7) is 5.72. The highest BCUT2D eigenvalue weighted by Crippen LogP contribution is 2.19. The second-order valence-corrected chi connectivity index (χ2v) is 5.01. The Bertz CT molecular complexity index is 459. The van der Waals surface area contributed by atoms with Crippen molar-refractivity contribution in [3.05, 3.63) is 36.9 Å². The molecule has 2 N–H and O–H groups in total. The lowest BCUT2D eigenvalue weighted by molar-refractivity contribution is 0.0680. The van der Waals surface area contributed by atoms with Crippen LogP contribution in [0.1, 0.15) is 12.8 Å². The molecule has 1 heterocycles. The molecule has 1 fully saturated rings. The number of ether oxygens (including phenoxy) is 2. The number of thiocarbonyl (C=S) groups is 1. The Morgan fingerprint density at radius 2 is 2.45 bits per heavy atom. The highest BCUT2D eigenvalue weighted by atomic mass is 32.1. The molecule has 0 spiro atoms. The van der Waals surface area contributed by atoms with E-state index in [1.807, 2.05) is 24.3 Å². The van der Waals surface area contributed by atoms with Gasteiger partial charge in [-0.15, -0.1) is 6.58 Å². The monoisotopic (exact) mass is 292 g/mol. The van der Waals surface area contributed by atoms with Gasteiger partial charge in [0.15, 0.2) is 5.11 Å². The van der Waals surface area contributed by atoms with Crippen molar-refractivity contribution in [2.45, 2.75) is 18.9 Å². The van der Waals surface area contributed by atoms with E-state index in [4.69, 9.17) is 21.7 Å². The maximum atomic E-state index is 5.75. The van der Waals surface area contributed by atoms with Crippen LogP contribution in [0.5, 0.6) is 5.75 Å². The van der Waals surface area contributed by atoms with Crippen LogP contribution in [0, 0.1) is 0 Å². The van der Waals surface area contributed by atoms with Crippen LogP contribution in [0.25, 0.3) is 0 Å². The van der Waals surface area contributed by atoms with E-state index < -0.39 is 0 Å². The van der Waals surface area contributed by atoms with Gasteiger partial charge in [-0.3, -0.25) is 0 Å². The summed E-state index contributed by atoms with van der Waals surface area (Å²) in [5.41, 5.74) is 0.899. The second-order valence-electron chi connectivity index (χ2n) is 4.60. The van der Waals surface area contributed by atoms with Gasteiger partial charge in [0.1, 0.15) is 12.4 Å². The van der Waals surface area contributed by atoms with E-state index in [9.17, 15) is 0 Å². The Balaban J connectivity index is 1.83. The van der Waals surface area contributed by atoms with Crippen LogP contribution >= 0.6 is 12.2 Å². The molecule has 1 saturated heterocycles. The van der Waals surface area contributed by atoms with E-state index in [-0.39, 0.29) is 6.10 Å². The number of hydrogen-bond acceptors (Lipinski definition) is 3. The summed E-state index contributed by atoms with van der Waals surface area (Å²) in [4.78, 5) is 0. The predicted molar refractivity (Wildman–Crippen MR) is 85.3 cm³/mol. The lowest BCUT2D eigenvalue weighted by Gasteiger charge is -2.13. The smallest absolute Gasteiger partial charge is 0.171 e. The van der Waals surface area contributed by atoms with Crippen molar-refractivity contribution in [2.75, 3.05) is 25.1 Å². The lowest BCUT2D eigenvalue weighted by atomic mass is 10.2. The van der Waals surface area contributed by atoms with Crippen LogP contribution in [0.3, 0.4) is 0 Å². The van der Waals surface area contributed by atoms with E-state index >= 15 is 0 Å². The molecule has 0 aliphatic carbocycles. The molecule has 0 saturated carbocycles. The molecule has 0 radical (unpaired) electrons. The van der Waals surface area contributed by atoms with Crippen LogP contribution in [0.4, 0.5) is 5.69 Å². The number of rotatable bonds is 6. The molecule has 0 amide bonds. The maximum Gasteiger partial charge on any atom is 0.171 e. The SMILES string of the molecule is C=CCNC(=S)Nc1cccc(OCC2CCCO2)c1. The maximum absolute atomic E-state index is 5.75. The Kier molecular flexibility index (Phi) is 5.83. The molecule has 4 nitrogen and oxygen atoms in total. The van der Waals surface area contributed by atoms with E-state index in [1.165, 1.54) is 0 Å². The Labute approximate surface area is 125 Å². The highest BCUT2D eigenvalue weighted by Gasteiger charge is 2.15. The van der Waals surface area contributed by atoms with Gasteiger partial charge in [0.25, 0.3) is 0 Å². The Morgan fingerprint density at radius 1 is 1.55 bits per heavy atom. The van der Waals surface area contributed by atoms with Gasteiger partial charge >= 0.3 is 0 Å². The first-order chi connectivity index (χ1) is 9.78. The summed E-state index contributed by atoms with van der Waals surface area (Å²) in [5.74, 6) is 0.817. The van der Waals surface area contributed by atoms with Crippen molar-refractivity contribution in [1.29, 1.82) is 0 Å². The van der Waals surface area contributed by atoms with Gasteiger partial charge in [0.2, 0.25) is 0 Å². The van der Waals surface area contributed by atoms with Gasteiger partial charge in [0, 0.05) is 24.9 Å². The van der Waals surface area contributed by atoms with E-state index in [2.05, 4.69) is 17.2 Å². The lowest BCUT2D eigenvalue weighted by Crippen LogP contribution is -2.28. The largest absolute Gasteiger partial charge is 0.491 e. The highest BCUT2D eigenvalue weighted by molar-refractivity contribution is 7.80. The van der Waals surface area contributed by atoms with Gasteiger partial charge in [-0.2, -0.15) is 0 Å². The summed E-state index contributed by atoms with van der Waals surface area (Å²) >= 11 is 5.17. The van der Waals surface area contributed by atoms with Crippen LogP contribution < -0.4 is 15.4 Å². The molecule has 1 aliphatic heterocycles. The first kappa shape index (κ1) is 14.8. The second kappa shape index (κ2) is 7.87. The molecule has 1 atom stereocenters. The van der Waals surface area contributed by atoms with Crippen molar-refractivity contribution in [2.24, 2.45) is 0 Å². The average Bonchev–Trinajstić information content (AvgIpc) is 2.97. The van der Waals surface area contributed by atoms with Crippen molar-refractivity contribution >= 4 is 23.0 Å². The molecule has 1 aliphatic rings. The third kappa shape index (κ3) is 4.83. The van der Waals surface area contributed by atoms with Gasteiger partial charge < -0.3 is 20.1 Å². The molecular weight excluding hydrogens is 272 g/mol. The Morgan fingerprint density at radius 3 is 3.20 bits per heavy atom. The summed E-state index contributed by atoms with van der Waals surface area (Å²) < 4.78 is 11.3. The zero-order valence-corrected chi connectivity index (χ0v) is 12.2. The van der Waals surface area contributed by atoms with Gasteiger partial charge in [-0.1, -0.05) is 12.1 Å². The van der Waals surface area contributed by atoms with Crippen LogP contribution in [0.2, 0.25) is 0 Å². The van der Waals surface area contributed by atoms with Gasteiger partial charge in [-0.25, -0.2) is 0 Å². The third-order valence-corrected chi connectivity index (χ3v) is 3.21. The molecule has 5 heteroatoms. The fraction of sp³-hybridized carbons (Fsp3) is 0.400. The first-order valence-corrected chi connectivity index (χ1v) is 7.19. The zero-order chi connectivity index (χ0) is 14.2. The topological polar surface area (TPSA) is 42.5 Å². The van der Waals surface area contributed by atoms with Crippen LogP contribution in [-0.2, 0) is 4.74 Å². The fourth-order valence-electron chi connectivity index (χ4n) is 1.97. The number of nitrogens with one attached hydrogen (secondary N) is 2. The molecule has 0 bridgehead atoms. The molecule has 1 unspecified atom stereocenters. The van der Waals surface area contributed by atoms with E-state index in [0.717, 1.165) is 30.9 Å². The van der Waals surface area contributed by atoms with Crippen molar-refractivity contribution in [1.82, 2.24) is 5.32 Å². The average molecular weight is 292 g/mol. The minimum Gasteiger partial charge on any atom is -0.491 e. The molecule has 108 valence electrons.